The van der Waals surface area contributed by atoms with E-state index < -0.39 is 0 Å². The molecule has 2 atom stereocenters. The molecule has 1 aliphatic rings. The third kappa shape index (κ3) is 3.35. The Labute approximate surface area is 125 Å². The zero-order valence-corrected chi connectivity index (χ0v) is 13.0. The van der Waals surface area contributed by atoms with Crippen molar-refractivity contribution < 1.29 is 14.7 Å². The monoisotopic (exact) mass is 292 g/mol. The van der Waals surface area contributed by atoms with Crippen molar-refractivity contribution in [3.8, 4) is 0 Å². The van der Waals surface area contributed by atoms with Crippen LogP contribution in [0.2, 0.25) is 0 Å². The molecule has 0 radical (unpaired) electrons. The molecular weight excluding hydrogens is 268 g/mol. The summed E-state index contributed by atoms with van der Waals surface area (Å²) in [6.45, 7) is 5.29. The average Bonchev–Trinajstić information content (AvgIpc) is 2.74. The van der Waals surface area contributed by atoms with Gasteiger partial charge < -0.3 is 15.4 Å². The zero-order chi connectivity index (χ0) is 15.6. The van der Waals surface area contributed by atoms with E-state index in [1.165, 1.54) is 6.92 Å². The summed E-state index contributed by atoms with van der Waals surface area (Å²) in [5.41, 5.74) is 2.53. The molecule has 1 fully saturated rings. The van der Waals surface area contributed by atoms with E-state index in [1.54, 1.807) is 6.92 Å². The van der Waals surface area contributed by atoms with E-state index in [1.807, 2.05) is 6.92 Å². The van der Waals surface area contributed by atoms with Crippen LogP contribution in [0.15, 0.2) is 0 Å². The van der Waals surface area contributed by atoms with Crippen molar-refractivity contribution in [2.24, 2.45) is 5.92 Å². The predicted molar refractivity (Wildman–Crippen MR) is 80.6 cm³/mol. The Hall–Kier alpha value is -1.62. The first-order chi connectivity index (χ1) is 9.93. The van der Waals surface area contributed by atoms with Gasteiger partial charge in [0, 0.05) is 25.3 Å². The molecule has 1 aromatic rings. The number of hydrogen-bond donors (Lipinski definition) is 3. The molecule has 3 N–H and O–H groups in total. The Balaban J connectivity index is 2.12. The Kier molecular flexibility index (Phi) is 4.83. The maximum Gasteiger partial charge on any atom is 0.253 e. The predicted octanol–water partition coefficient (Wildman–Crippen LogP) is 2.12. The number of carbonyl (C=O) groups excluding carboxylic acids is 2. The number of aliphatic hydroxyl groups is 1. The number of nitrogens with one attached hydrogen (secondary N) is 2. The van der Waals surface area contributed by atoms with E-state index in [2.05, 4.69) is 10.3 Å². The van der Waals surface area contributed by atoms with Crippen LogP contribution in [-0.2, 0) is 0 Å². The van der Waals surface area contributed by atoms with Crippen LogP contribution in [0.1, 0.15) is 64.7 Å². The van der Waals surface area contributed by atoms with Gasteiger partial charge in [-0.3, -0.25) is 9.59 Å². The standard InChI is InChI=1S/C16H24N2O3/c1-9-14(10(2)17-15(9)11(3)20)16(21)18-13-6-4-5-12(7-13)8-19/h12-13,17,19H,4-8H2,1-3H3,(H,18,21)/t12-,13-/m1/s1. The van der Waals surface area contributed by atoms with Gasteiger partial charge in [-0.1, -0.05) is 6.42 Å². The number of rotatable bonds is 4. The van der Waals surface area contributed by atoms with Crippen LogP contribution < -0.4 is 5.32 Å². The van der Waals surface area contributed by atoms with Crippen molar-refractivity contribution in [2.75, 3.05) is 6.61 Å². The number of aliphatic hydroxyl groups excluding tert-OH is 1. The smallest absolute Gasteiger partial charge is 0.253 e. The molecule has 0 spiro atoms. The van der Waals surface area contributed by atoms with Crippen LogP contribution in [0, 0.1) is 19.8 Å². The van der Waals surface area contributed by atoms with E-state index >= 15 is 0 Å². The van der Waals surface area contributed by atoms with E-state index in [0.717, 1.165) is 31.4 Å². The van der Waals surface area contributed by atoms with E-state index in [4.69, 9.17) is 0 Å². The molecule has 0 aromatic carbocycles. The van der Waals surface area contributed by atoms with Crippen LogP contribution in [0.3, 0.4) is 0 Å². The van der Waals surface area contributed by atoms with Gasteiger partial charge in [0.1, 0.15) is 0 Å². The molecule has 0 aliphatic heterocycles. The zero-order valence-electron chi connectivity index (χ0n) is 13.0. The van der Waals surface area contributed by atoms with E-state index in [-0.39, 0.29) is 30.3 Å². The molecule has 21 heavy (non-hydrogen) atoms. The van der Waals surface area contributed by atoms with E-state index in [0.29, 0.717) is 16.8 Å². The summed E-state index contributed by atoms with van der Waals surface area (Å²) in [4.78, 5) is 27.0. The van der Waals surface area contributed by atoms with Gasteiger partial charge in [-0.15, -0.1) is 0 Å². The summed E-state index contributed by atoms with van der Waals surface area (Å²) >= 11 is 0. The summed E-state index contributed by atoms with van der Waals surface area (Å²) in [6.07, 6.45) is 3.83. The maximum atomic E-state index is 12.5. The third-order valence-electron chi connectivity index (χ3n) is 4.39. The van der Waals surface area contributed by atoms with Gasteiger partial charge in [-0.2, -0.15) is 0 Å². The molecule has 1 saturated carbocycles. The number of aromatic nitrogens is 1. The summed E-state index contributed by atoms with van der Waals surface area (Å²) in [5, 5.41) is 12.3. The Morgan fingerprint density at radius 2 is 2.05 bits per heavy atom. The molecule has 2 rings (SSSR count). The molecule has 5 heteroatoms. The molecule has 1 heterocycles. The molecule has 0 unspecified atom stereocenters. The molecule has 1 aliphatic carbocycles. The number of H-pyrrole nitrogens is 1. The number of carbonyl (C=O) groups is 2. The second-order valence-corrected chi connectivity index (χ2v) is 6.07. The van der Waals surface area contributed by atoms with Crippen molar-refractivity contribution in [3.63, 3.8) is 0 Å². The normalized spacial score (nSPS) is 22.1. The molecule has 5 nitrogen and oxygen atoms in total. The quantitative estimate of drug-likeness (QED) is 0.743. The molecular formula is C16H24N2O3. The van der Waals surface area contributed by atoms with Gasteiger partial charge in [-0.25, -0.2) is 0 Å². The molecule has 0 saturated heterocycles. The Bertz CT molecular complexity index is 548. The van der Waals surface area contributed by atoms with Gasteiger partial charge in [0.25, 0.3) is 5.91 Å². The largest absolute Gasteiger partial charge is 0.396 e. The Morgan fingerprint density at radius 3 is 2.62 bits per heavy atom. The lowest BCUT2D eigenvalue weighted by atomic mass is 9.86. The number of ketones is 1. The van der Waals surface area contributed by atoms with Gasteiger partial charge in [-0.05, 0) is 44.6 Å². The summed E-state index contributed by atoms with van der Waals surface area (Å²) in [5.74, 6) is 0.0928. The number of amides is 1. The van der Waals surface area contributed by atoms with Crippen molar-refractivity contribution >= 4 is 11.7 Å². The Morgan fingerprint density at radius 1 is 1.33 bits per heavy atom. The fraction of sp³-hybridized carbons (Fsp3) is 0.625. The van der Waals surface area contributed by atoms with Gasteiger partial charge in [0.2, 0.25) is 0 Å². The van der Waals surface area contributed by atoms with Gasteiger partial charge in [0.05, 0.1) is 11.3 Å². The van der Waals surface area contributed by atoms with Crippen LogP contribution >= 0.6 is 0 Å². The highest BCUT2D eigenvalue weighted by atomic mass is 16.3. The third-order valence-corrected chi connectivity index (χ3v) is 4.39. The average molecular weight is 292 g/mol. The highest BCUT2D eigenvalue weighted by Crippen LogP contribution is 2.25. The van der Waals surface area contributed by atoms with Crippen LogP contribution in [0.5, 0.6) is 0 Å². The van der Waals surface area contributed by atoms with Crippen molar-refractivity contribution in [1.82, 2.24) is 10.3 Å². The SMILES string of the molecule is CC(=O)c1[nH]c(C)c(C(=O)N[C@@H]2CCC[C@@H](CO)C2)c1C. The summed E-state index contributed by atoms with van der Waals surface area (Å²) < 4.78 is 0. The fourth-order valence-electron chi connectivity index (χ4n) is 3.29. The number of hydrogen-bond acceptors (Lipinski definition) is 3. The lowest BCUT2D eigenvalue weighted by molar-refractivity contribution is 0.0904. The minimum absolute atomic E-state index is 0.0624. The minimum atomic E-state index is -0.127. The van der Waals surface area contributed by atoms with Gasteiger partial charge in [0.15, 0.2) is 5.78 Å². The molecule has 116 valence electrons. The molecule has 0 bridgehead atoms. The molecule has 1 aromatic heterocycles. The lowest BCUT2D eigenvalue weighted by Crippen LogP contribution is -2.39. The van der Waals surface area contributed by atoms with Crippen LogP contribution in [-0.4, -0.2) is 34.4 Å². The van der Waals surface area contributed by atoms with E-state index in [9.17, 15) is 14.7 Å². The van der Waals surface area contributed by atoms with Crippen molar-refractivity contribution in [3.05, 3.63) is 22.5 Å². The first-order valence-corrected chi connectivity index (χ1v) is 7.55. The maximum absolute atomic E-state index is 12.5. The number of aryl methyl sites for hydroxylation is 1. The summed E-state index contributed by atoms with van der Waals surface area (Å²) in [6, 6.07) is 0.109. The topological polar surface area (TPSA) is 82.2 Å². The minimum Gasteiger partial charge on any atom is -0.396 e. The van der Waals surface area contributed by atoms with Crippen LogP contribution in [0.4, 0.5) is 0 Å². The second kappa shape index (κ2) is 6.43. The van der Waals surface area contributed by atoms with Crippen molar-refractivity contribution in [2.45, 2.75) is 52.5 Å². The second-order valence-electron chi connectivity index (χ2n) is 6.07. The highest BCUT2D eigenvalue weighted by Gasteiger charge is 2.26. The number of Topliss-reactive ketones (excluding diaryl/α,β-unsaturated/α-hetero) is 1. The highest BCUT2D eigenvalue weighted by molar-refractivity contribution is 6.02. The first kappa shape index (κ1) is 15.8. The summed E-state index contributed by atoms with van der Waals surface area (Å²) in [7, 11) is 0. The lowest BCUT2D eigenvalue weighted by Gasteiger charge is -2.28. The first-order valence-electron chi connectivity index (χ1n) is 7.55. The van der Waals surface area contributed by atoms with Crippen molar-refractivity contribution in [1.29, 1.82) is 0 Å². The van der Waals surface area contributed by atoms with Crippen LogP contribution in [0.25, 0.3) is 0 Å². The fourth-order valence-corrected chi connectivity index (χ4v) is 3.29. The molecule has 1 amide bonds. The van der Waals surface area contributed by atoms with Gasteiger partial charge >= 0.3 is 0 Å². The number of aromatic amines is 1.